The van der Waals surface area contributed by atoms with E-state index in [9.17, 15) is 4.79 Å². The van der Waals surface area contributed by atoms with E-state index in [1.807, 2.05) is 31.2 Å². The number of ether oxygens (including phenoxy) is 1. The molecule has 2 rings (SSSR count). The zero-order valence-corrected chi connectivity index (χ0v) is 14.7. The number of anilines is 2. The SMILES string of the molecule is C=C(C)COc1ccccc1NCC(=O)Nc1cc(Cl)cc(Cl)c1. The Balaban J connectivity index is 1.95. The van der Waals surface area contributed by atoms with Crippen LogP contribution >= 0.6 is 23.2 Å². The molecule has 0 aliphatic carbocycles. The van der Waals surface area contributed by atoms with Gasteiger partial charge < -0.3 is 15.4 Å². The summed E-state index contributed by atoms with van der Waals surface area (Å²) in [4.78, 5) is 12.1. The van der Waals surface area contributed by atoms with Gasteiger partial charge in [0.15, 0.2) is 0 Å². The minimum Gasteiger partial charge on any atom is -0.487 e. The number of nitrogens with one attached hydrogen (secondary N) is 2. The zero-order valence-electron chi connectivity index (χ0n) is 13.2. The molecule has 1 amide bonds. The van der Waals surface area contributed by atoms with E-state index in [4.69, 9.17) is 27.9 Å². The van der Waals surface area contributed by atoms with Crippen molar-refractivity contribution in [1.29, 1.82) is 0 Å². The molecule has 4 nitrogen and oxygen atoms in total. The van der Waals surface area contributed by atoms with Gasteiger partial charge in [0.05, 0.1) is 12.2 Å². The monoisotopic (exact) mass is 364 g/mol. The van der Waals surface area contributed by atoms with Crippen molar-refractivity contribution in [1.82, 2.24) is 0 Å². The summed E-state index contributed by atoms with van der Waals surface area (Å²) in [6, 6.07) is 12.3. The predicted molar refractivity (Wildman–Crippen MR) is 100 cm³/mol. The maximum atomic E-state index is 12.1. The van der Waals surface area contributed by atoms with Crippen molar-refractivity contribution in [2.24, 2.45) is 0 Å². The molecule has 6 heteroatoms. The quantitative estimate of drug-likeness (QED) is 0.679. The molecule has 0 aromatic heterocycles. The van der Waals surface area contributed by atoms with Crippen molar-refractivity contribution in [2.75, 3.05) is 23.8 Å². The Hall–Kier alpha value is -2.17. The first kappa shape index (κ1) is 18.2. The first-order valence-electron chi connectivity index (χ1n) is 7.30. The van der Waals surface area contributed by atoms with Crippen molar-refractivity contribution in [3.8, 4) is 5.75 Å². The van der Waals surface area contributed by atoms with Crippen LogP contribution in [0.5, 0.6) is 5.75 Å². The highest BCUT2D eigenvalue weighted by Gasteiger charge is 2.07. The van der Waals surface area contributed by atoms with Gasteiger partial charge in [0.1, 0.15) is 12.4 Å². The fourth-order valence-corrected chi connectivity index (χ4v) is 2.47. The van der Waals surface area contributed by atoms with E-state index < -0.39 is 0 Å². The average molecular weight is 365 g/mol. The van der Waals surface area contributed by atoms with Gasteiger partial charge in [-0.15, -0.1) is 0 Å². The summed E-state index contributed by atoms with van der Waals surface area (Å²) in [5.74, 6) is 0.446. The van der Waals surface area contributed by atoms with E-state index in [2.05, 4.69) is 17.2 Å². The van der Waals surface area contributed by atoms with Crippen LogP contribution < -0.4 is 15.4 Å². The minimum atomic E-state index is -0.219. The van der Waals surface area contributed by atoms with Crippen LogP contribution in [0, 0.1) is 0 Å². The molecular formula is C18H18Cl2N2O2. The number of para-hydroxylation sites is 2. The molecule has 0 aliphatic heterocycles. The van der Waals surface area contributed by atoms with Gasteiger partial charge in [-0.3, -0.25) is 4.79 Å². The molecule has 0 saturated heterocycles. The summed E-state index contributed by atoms with van der Waals surface area (Å²) < 4.78 is 5.65. The lowest BCUT2D eigenvalue weighted by Gasteiger charge is -2.13. The summed E-state index contributed by atoms with van der Waals surface area (Å²) in [6.07, 6.45) is 0. The topological polar surface area (TPSA) is 50.4 Å². The number of benzene rings is 2. The molecule has 0 fully saturated rings. The second-order valence-electron chi connectivity index (χ2n) is 5.30. The van der Waals surface area contributed by atoms with Gasteiger partial charge >= 0.3 is 0 Å². The van der Waals surface area contributed by atoms with Crippen molar-refractivity contribution in [2.45, 2.75) is 6.92 Å². The van der Waals surface area contributed by atoms with Crippen LogP contribution in [0.25, 0.3) is 0 Å². The van der Waals surface area contributed by atoms with E-state index in [0.717, 1.165) is 11.3 Å². The van der Waals surface area contributed by atoms with Crippen LogP contribution in [0.2, 0.25) is 10.0 Å². The number of amides is 1. The Labute approximate surface area is 151 Å². The van der Waals surface area contributed by atoms with Gasteiger partial charge in [-0.25, -0.2) is 0 Å². The number of hydrogen-bond acceptors (Lipinski definition) is 3. The molecule has 2 N–H and O–H groups in total. The summed E-state index contributed by atoms with van der Waals surface area (Å²) in [5.41, 5.74) is 2.20. The third-order valence-corrected chi connectivity index (χ3v) is 3.38. The highest BCUT2D eigenvalue weighted by atomic mass is 35.5. The van der Waals surface area contributed by atoms with E-state index in [-0.39, 0.29) is 12.5 Å². The highest BCUT2D eigenvalue weighted by Crippen LogP contribution is 2.24. The lowest BCUT2D eigenvalue weighted by Crippen LogP contribution is -2.22. The molecule has 24 heavy (non-hydrogen) atoms. The zero-order chi connectivity index (χ0) is 17.5. The normalized spacial score (nSPS) is 10.1. The van der Waals surface area contributed by atoms with Gasteiger partial charge in [-0.2, -0.15) is 0 Å². The summed E-state index contributed by atoms with van der Waals surface area (Å²) in [6.45, 7) is 6.20. The molecule has 0 aliphatic rings. The second-order valence-corrected chi connectivity index (χ2v) is 6.17. The van der Waals surface area contributed by atoms with E-state index in [0.29, 0.717) is 28.1 Å². The highest BCUT2D eigenvalue weighted by molar-refractivity contribution is 6.35. The number of carbonyl (C=O) groups is 1. The lowest BCUT2D eigenvalue weighted by atomic mass is 10.3. The number of rotatable bonds is 7. The fourth-order valence-electron chi connectivity index (χ4n) is 1.95. The van der Waals surface area contributed by atoms with Crippen molar-refractivity contribution in [3.05, 3.63) is 64.7 Å². The van der Waals surface area contributed by atoms with Crippen molar-refractivity contribution >= 4 is 40.5 Å². The third kappa shape index (κ3) is 5.80. The Bertz CT molecular complexity index is 727. The molecule has 0 saturated carbocycles. The van der Waals surface area contributed by atoms with E-state index >= 15 is 0 Å². The Kier molecular flexibility index (Phi) is 6.53. The van der Waals surface area contributed by atoms with E-state index in [1.165, 1.54) is 0 Å². The Morgan fingerprint density at radius 2 is 1.83 bits per heavy atom. The van der Waals surface area contributed by atoms with Crippen LogP contribution in [-0.2, 0) is 4.79 Å². The molecule has 0 spiro atoms. The molecule has 0 atom stereocenters. The summed E-state index contributed by atoms with van der Waals surface area (Å²) >= 11 is 11.8. The molecule has 0 unspecified atom stereocenters. The molecular weight excluding hydrogens is 347 g/mol. The van der Waals surface area contributed by atoms with Crippen LogP contribution in [0.15, 0.2) is 54.6 Å². The lowest BCUT2D eigenvalue weighted by molar-refractivity contribution is -0.114. The molecule has 2 aromatic carbocycles. The van der Waals surface area contributed by atoms with Gasteiger partial charge in [-0.05, 0) is 42.8 Å². The Morgan fingerprint density at radius 3 is 2.50 bits per heavy atom. The minimum absolute atomic E-state index is 0.0809. The molecule has 0 heterocycles. The number of hydrogen-bond donors (Lipinski definition) is 2. The third-order valence-electron chi connectivity index (χ3n) is 2.95. The fraction of sp³-hybridized carbons (Fsp3) is 0.167. The maximum Gasteiger partial charge on any atom is 0.243 e. The summed E-state index contributed by atoms with van der Waals surface area (Å²) in [7, 11) is 0. The van der Waals surface area contributed by atoms with Gasteiger partial charge in [0.25, 0.3) is 0 Å². The molecule has 0 bridgehead atoms. The predicted octanol–water partition coefficient (Wildman–Crippen LogP) is 5.00. The van der Waals surface area contributed by atoms with Crippen LogP contribution in [0.4, 0.5) is 11.4 Å². The van der Waals surface area contributed by atoms with Crippen molar-refractivity contribution in [3.63, 3.8) is 0 Å². The smallest absolute Gasteiger partial charge is 0.243 e. The van der Waals surface area contributed by atoms with Gasteiger partial charge in [-0.1, -0.05) is 41.9 Å². The van der Waals surface area contributed by atoms with Crippen LogP contribution in [-0.4, -0.2) is 19.1 Å². The first-order valence-corrected chi connectivity index (χ1v) is 8.05. The number of carbonyl (C=O) groups excluding carboxylic acids is 1. The first-order chi connectivity index (χ1) is 11.4. The van der Waals surface area contributed by atoms with E-state index in [1.54, 1.807) is 18.2 Å². The molecule has 0 radical (unpaired) electrons. The number of halogens is 2. The maximum absolute atomic E-state index is 12.1. The summed E-state index contributed by atoms with van der Waals surface area (Å²) in [5, 5.41) is 6.72. The van der Waals surface area contributed by atoms with Gasteiger partial charge in [0.2, 0.25) is 5.91 Å². The largest absolute Gasteiger partial charge is 0.487 e. The standard InChI is InChI=1S/C18H18Cl2N2O2/c1-12(2)11-24-17-6-4-3-5-16(17)21-10-18(23)22-15-8-13(19)7-14(20)9-15/h3-9,21H,1,10-11H2,2H3,(H,22,23). The van der Waals surface area contributed by atoms with Gasteiger partial charge in [0, 0.05) is 15.7 Å². The average Bonchev–Trinajstić information content (AvgIpc) is 2.50. The second kappa shape index (κ2) is 8.62. The molecule has 2 aromatic rings. The van der Waals surface area contributed by atoms with Crippen LogP contribution in [0.1, 0.15) is 6.92 Å². The molecule has 126 valence electrons. The van der Waals surface area contributed by atoms with Crippen molar-refractivity contribution < 1.29 is 9.53 Å². The van der Waals surface area contributed by atoms with Crippen LogP contribution in [0.3, 0.4) is 0 Å². The Morgan fingerprint density at radius 1 is 1.17 bits per heavy atom.